The van der Waals surface area contributed by atoms with Gasteiger partial charge in [-0.05, 0) is 72.7 Å². The summed E-state index contributed by atoms with van der Waals surface area (Å²) in [6.45, 7) is 2.90. The van der Waals surface area contributed by atoms with Crippen LogP contribution < -0.4 is 10.6 Å². The van der Waals surface area contributed by atoms with E-state index in [4.69, 9.17) is 0 Å². The molecule has 0 bridgehead atoms. The molecule has 184 valence electrons. The molecule has 3 aromatic rings. The second-order valence-corrected chi connectivity index (χ2v) is 10.5. The van der Waals surface area contributed by atoms with Gasteiger partial charge in [0.1, 0.15) is 11.6 Å². The largest absolute Gasteiger partial charge is 0.340 e. The van der Waals surface area contributed by atoms with Gasteiger partial charge < -0.3 is 15.5 Å². The fourth-order valence-corrected chi connectivity index (χ4v) is 6.38. The van der Waals surface area contributed by atoms with Crippen molar-refractivity contribution >= 4 is 29.1 Å². The van der Waals surface area contributed by atoms with Crippen LogP contribution in [0.5, 0.6) is 0 Å². The highest BCUT2D eigenvalue weighted by molar-refractivity contribution is 6.06. The summed E-state index contributed by atoms with van der Waals surface area (Å²) >= 11 is 0. The Morgan fingerprint density at radius 1 is 1.11 bits per heavy atom. The van der Waals surface area contributed by atoms with Crippen molar-refractivity contribution in [3.63, 3.8) is 0 Å². The molecule has 1 spiro atoms. The number of carbonyl (C=O) groups excluding carboxylic acids is 2. The lowest BCUT2D eigenvalue weighted by atomic mass is 9.79. The van der Waals surface area contributed by atoms with E-state index in [1.807, 2.05) is 29.2 Å². The maximum atomic E-state index is 13.4. The van der Waals surface area contributed by atoms with Crippen LogP contribution >= 0.6 is 0 Å². The van der Waals surface area contributed by atoms with Crippen molar-refractivity contribution in [1.82, 2.24) is 14.9 Å². The average Bonchev–Trinajstić information content (AvgIpc) is 3.55. The molecule has 7 heteroatoms. The molecule has 0 radical (unpaired) electrons. The summed E-state index contributed by atoms with van der Waals surface area (Å²) in [5.74, 6) is 1.69. The van der Waals surface area contributed by atoms with Crippen molar-refractivity contribution in [3.05, 3.63) is 101 Å². The normalized spacial score (nSPS) is 23.2. The number of anilines is 3. The lowest BCUT2D eigenvalue weighted by Gasteiger charge is -2.22. The fourth-order valence-electron chi connectivity index (χ4n) is 6.38. The van der Waals surface area contributed by atoms with E-state index in [1.165, 1.54) is 11.1 Å². The van der Waals surface area contributed by atoms with E-state index in [2.05, 4.69) is 51.8 Å². The van der Waals surface area contributed by atoms with E-state index >= 15 is 0 Å². The number of nitrogens with one attached hydrogen (secondary N) is 2. The number of benzene rings is 1. The Hall–Kier alpha value is -4.26. The third-order valence-corrected chi connectivity index (χ3v) is 8.20. The van der Waals surface area contributed by atoms with Crippen LogP contribution in [-0.2, 0) is 23.1 Å². The Labute approximate surface area is 215 Å². The molecule has 4 aliphatic rings. The van der Waals surface area contributed by atoms with Gasteiger partial charge in [0.05, 0.1) is 5.41 Å². The highest BCUT2D eigenvalue weighted by atomic mass is 16.2. The van der Waals surface area contributed by atoms with Crippen molar-refractivity contribution < 1.29 is 9.59 Å². The molecule has 2 aliphatic carbocycles. The van der Waals surface area contributed by atoms with Gasteiger partial charge in [0.2, 0.25) is 5.91 Å². The Morgan fingerprint density at radius 2 is 2.00 bits per heavy atom. The van der Waals surface area contributed by atoms with Gasteiger partial charge in [-0.2, -0.15) is 0 Å². The summed E-state index contributed by atoms with van der Waals surface area (Å²) < 4.78 is 0. The standard InChI is InChI=1S/C30H27N5O2/c1-18-17-35(25-7-3-2-5-23(18)25)28(36)19-10-12-31-26(14-19)33-22-9-8-20-15-30(16-21(20)13-22)24-6-4-11-32-27(24)34-29(30)37/h2,4-6,8-14,18H,3,7,15-17H2,1H3,(H,31,33)(H,32,34,37). The van der Waals surface area contributed by atoms with E-state index in [9.17, 15) is 9.59 Å². The number of aromatic nitrogens is 2. The highest BCUT2D eigenvalue weighted by Crippen LogP contribution is 2.47. The minimum atomic E-state index is -0.593. The van der Waals surface area contributed by atoms with Crippen LogP contribution in [0.4, 0.5) is 17.3 Å². The molecule has 2 unspecified atom stereocenters. The van der Waals surface area contributed by atoms with Crippen LogP contribution in [0, 0.1) is 5.92 Å². The van der Waals surface area contributed by atoms with Gasteiger partial charge >= 0.3 is 0 Å². The second kappa shape index (κ2) is 8.13. The molecular formula is C30H27N5O2. The number of fused-ring (bicyclic) bond motifs is 3. The minimum Gasteiger partial charge on any atom is -0.340 e. The molecule has 0 saturated heterocycles. The maximum Gasteiger partial charge on any atom is 0.258 e. The second-order valence-electron chi connectivity index (χ2n) is 10.5. The minimum absolute atomic E-state index is 0.0164. The summed E-state index contributed by atoms with van der Waals surface area (Å²) in [4.78, 5) is 37.2. The summed E-state index contributed by atoms with van der Waals surface area (Å²) in [7, 11) is 0. The SMILES string of the molecule is CC1CN(C(=O)c2ccnc(Nc3ccc4c(c3)CC3(C4)C(=O)Nc4ncccc43)c2)C2=C1C=CCC2. The first-order chi connectivity index (χ1) is 18.0. The van der Waals surface area contributed by atoms with Gasteiger partial charge in [0, 0.05) is 47.4 Å². The van der Waals surface area contributed by atoms with Crippen molar-refractivity contribution in [1.29, 1.82) is 0 Å². The zero-order chi connectivity index (χ0) is 25.1. The maximum absolute atomic E-state index is 13.4. The average molecular weight is 490 g/mol. The summed E-state index contributed by atoms with van der Waals surface area (Å²) in [5.41, 5.74) is 6.65. The number of pyridine rings is 2. The molecule has 2 amide bonds. The quantitative estimate of drug-likeness (QED) is 0.546. The van der Waals surface area contributed by atoms with Gasteiger partial charge in [-0.1, -0.05) is 31.2 Å². The van der Waals surface area contributed by atoms with Gasteiger partial charge in [-0.15, -0.1) is 0 Å². The van der Waals surface area contributed by atoms with Crippen LogP contribution in [0.2, 0.25) is 0 Å². The molecule has 2 N–H and O–H groups in total. The van der Waals surface area contributed by atoms with E-state index in [0.29, 0.717) is 36.0 Å². The molecule has 2 atom stereocenters. The van der Waals surface area contributed by atoms with Gasteiger partial charge in [0.15, 0.2) is 0 Å². The molecule has 0 fully saturated rings. The summed E-state index contributed by atoms with van der Waals surface area (Å²) in [6.07, 6.45) is 10.9. The van der Waals surface area contributed by atoms with Gasteiger partial charge in [-0.3, -0.25) is 9.59 Å². The summed E-state index contributed by atoms with van der Waals surface area (Å²) in [6, 6.07) is 13.7. The van der Waals surface area contributed by atoms with E-state index < -0.39 is 5.41 Å². The monoisotopic (exact) mass is 489 g/mol. The molecule has 0 saturated carbocycles. The first-order valence-electron chi connectivity index (χ1n) is 12.9. The first-order valence-corrected chi connectivity index (χ1v) is 12.9. The van der Waals surface area contributed by atoms with Crippen LogP contribution in [0.1, 0.15) is 46.8 Å². The molecular weight excluding hydrogens is 462 g/mol. The Kier molecular flexibility index (Phi) is 4.83. The van der Waals surface area contributed by atoms with Gasteiger partial charge in [-0.25, -0.2) is 9.97 Å². The topological polar surface area (TPSA) is 87.2 Å². The fraction of sp³-hybridized carbons (Fsp3) is 0.267. The molecule has 7 nitrogen and oxygen atoms in total. The van der Waals surface area contributed by atoms with Crippen molar-refractivity contribution in [2.45, 2.75) is 38.0 Å². The number of amides is 2. The molecule has 2 aliphatic heterocycles. The van der Waals surface area contributed by atoms with E-state index in [1.54, 1.807) is 18.5 Å². The van der Waals surface area contributed by atoms with E-state index in [-0.39, 0.29) is 11.8 Å². The molecule has 4 heterocycles. The predicted octanol–water partition coefficient (Wildman–Crippen LogP) is 4.90. The Balaban J connectivity index is 1.12. The third kappa shape index (κ3) is 3.41. The highest BCUT2D eigenvalue weighted by Gasteiger charge is 2.51. The number of rotatable bonds is 3. The molecule has 1 aromatic carbocycles. The van der Waals surface area contributed by atoms with Crippen LogP contribution in [0.3, 0.4) is 0 Å². The number of nitrogens with zero attached hydrogens (tertiary/aromatic N) is 3. The number of allylic oxidation sites excluding steroid dienone is 3. The van der Waals surface area contributed by atoms with Crippen LogP contribution in [0.15, 0.2) is 78.3 Å². The lowest BCUT2D eigenvalue weighted by molar-refractivity contribution is -0.120. The van der Waals surface area contributed by atoms with Crippen molar-refractivity contribution in [2.24, 2.45) is 5.92 Å². The van der Waals surface area contributed by atoms with Crippen LogP contribution in [-0.4, -0.2) is 33.2 Å². The van der Waals surface area contributed by atoms with E-state index in [0.717, 1.165) is 41.9 Å². The molecule has 2 aromatic heterocycles. The number of carbonyl (C=O) groups is 2. The Morgan fingerprint density at radius 3 is 2.92 bits per heavy atom. The Bertz CT molecular complexity index is 1540. The number of hydrogen-bond donors (Lipinski definition) is 2. The van der Waals surface area contributed by atoms with Gasteiger partial charge in [0.25, 0.3) is 5.91 Å². The predicted molar refractivity (Wildman–Crippen MR) is 142 cm³/mol. The van der Waals surface area contributed by atoms with Crippen molar-refractivity contribution in [3.8, 4) is 0 Å². The third-order valence-electron chi connectivity index (χ3n) is 8.20. The van der Waals surface area contributed by atoms with Crippen LogP contribution in [0.25, 0.3) is 0 Å². The zero-order valence-electron chi connectivity index (χ0n) is 20.6. The summed E-state index contributed by atoms with van der Waals surface area (Å²) in [5, 5.41) is 6.34. The first kappa shape index (κ1) is 22.0. The zero-order valence-corrected chi connectivity index (χ0v) is 20.6. The molecule has 7 rings (SSSR count). The smallest absolute Gasteiger partial charge is 0.258 e. The molecule has 37 heavy (non-hydrogen) atoms. The lowest BCUT2D eigenvalue weighted by Crippen LogP contribution is -2.35. The van der Waals surface area contributed by atoms with Crippen molar-refractivity contribution in [2.75, 3.05) is 17.2 Å². The number of hydrogen-bond acceptors (Lipinski definition) is 5.